The van der Waals surface area contributed by atoms with Crippen LogP contribution in [0.5, 0.6) is 0 Å². The van der Waals surface area contributed by atoms with Gasteiger partial charge in [0.05, 0.1) is 15.7 Å². The van der Waals surface area contributed by atoms with Crippen LogP contribution in [0.1, 0.15) is 26.7 Å². The molecule has 0 spiro atoms. The van der Waals surface area contributed by atoms with Crippen molar-refractivity contribution in [2.45, 2.75) is 10.1 Å². The molecule has 3 amide bonds. The minimum absolute atomic E-state index is 0.0917. The summed E-state index contributed by atoms with van der Waals surface area (Å²) in [6, 6.07) is 39.5. The summed E-state index contributed by atoms with van der Waals surface area (Å²) in [7, 11) is 0. The molecule has 0 fully saturated rings. The fourth-order valence-electron chi connectivity index (χ4n) is 4.31. The zero-order valence-corrected chi connectivity index (χ0v) is 26.1. The largest absolute Gasteiger partial charge is 0.323 e. The zero-order valence-electron chi connectivity index (χ0n) is 23.7. The number of amides is 3. The van der Waals surface area contributed by atoms with Crippen LogP contribution >= 0.6 is 35.0 Å². The fraction of sp³-hybridized carbons (Fsp3) is 0.0278. The van der Waals surface area contributed by atoms with E-state index in [1.165, 1.54) is 11.8 Å². The van der Waals surface area contributed by atoms with E-state index in [4.69, 9.17) is 23.2 Å². The quantitative estimate of drug-likeness (QED) is 0.104. The van der Waals surface area contributed by atoms with Crippen molar-refractivity contribution in [1.82, 2.24) is 5.32 Å². The summed E-state index contributed by atoms with van der Waals surface area (Å²) in [5, 5.41) is 8.51. The zero-order chi connectivity index (χ0) is 31.6. The number of hydrogen-bond donors (Lipinski definition) is 3. The molecule has 0 saturated carbocycles. The maximum atomic E-state index is 13.5. The second kappa shape index (κ2) is 15.3. The summed E-state index contributed by atoms with van der Waals surface area (Å²) >= 11 is 13.8. The number of hydrogen-bond acceptors (Lipinski definition) is 4. The molecule has 0 bridgehead atoms. The van der Waals surface area contributed by atoms with Crippen LogP contribution in [-0.2, 0) is 9.59 Å². The third-order valence-electron chi connectivity index (χ3n) is 6.56. The van der Waals surface area contributed by atoms with Gasteiger partial charge in [-0.3, -0.25) is 14.4 Å². The molecule has 1 atom stereocenters. The van der Waals surface area contributed by atoms with E-state index in [0.717, 1.165) is 16.0 Å². The van der Waals surface area contributed by atoms with Gasteiger partial charge in [0.1, 0.15) is 10.9 Å². The predicted molar refractivity (Wildman–Crippen MR) is 184 cm³/mol. The van der Waals surface area contributed by atoms with Gasteiger partial charge in [-0.15, -0.1) is 11.8 Å². The number of halogens is 2. The number of benzene rings is 5. The van der Waals surface area contributed by atoms with Crippen LogP contribution in [0.3, 0.4) is 0 Å². The van der Waals surface area contributed by atoms with Crippen LogP contribution in [0, 0.1) is 0 Å². The molecule has 0 aliphatic rings. The predicted octanol–water partition coefficient (Wildman–Crippen LogP) is 8.88. The lowest BCUT2D eigenvalue weighted by molar-refractivity contribution is -0.116. The molecule has 0 radical (unpaired) electrons. The van der Waals surface area contributed by atoms with Crippen molar-refractivity contribution < 1.29 is 14.4 Å². The maximum absolute atomic E-state index is 13.5. The Morgan fingerprint density at radius 1 is 0.667 bits per heavy atom. The van der Waals surface area contributed by atoms with E-state index < -0.39 is 17.1 Å². The molecule has 5 rings (SSSR count). The fourth-order valence-corrected chi connectivity index (χ4v) is 5.68. The molecule has 5 aromatic carbocycles. The summed E-state index contributed by atoms with van der Waals surface area (Å²) < 4.78 is 0. The molecule has 6 nitrogen and oxygen atoms in total. The summed E-state index contributed by atoms with van der Waals surface area (Å²) in [6.45, 7) is 0. The Kier molecular flexibility index (Phi) is 10.7. The van der Waals surface area contributed by atoms with Gasteiger partial charge in [0.2, 0.25) is 5.91 Å². The highest BCUT2D eigenvalue weighted by Crippen LogP contribution is 2.38. The van der Waals surface area contributed by atoms with Gasteiger partial charge in [-0.2, -0.15) is 0 Å². The monoisotopic (exact) mass is 651 g/mol. The van der Waals surface area contributed by atoms with Crippen LogP contribution in [0.25, 0.3) is 6.08 Å². The number of rotatable bonds is 10. The molecule has 1 unspecified atom stereocenters. The molecule has 0 aromatic heterocycles. The SMILES string of the molecule is O=C(Nc1ccc(SC(C(=O)Nc2cccc(Cl)c2Cl)c2ccccc2)cc1)/C(=C/c1ccccc1)NC(=O)c1ccccc1. The average Bonchev–Trinajstić information content (AvgIpc) is 3.07. The number of nitrogens with one attached hydrogen (secondary N) is 3. The Hall–Kier alpha value is -4.82. The van der Waals surface area contributed by atoms with Crippen LogP contribution < -0.4 is 16.0 Å². The number of thioether (sulfide) groups is 1. The van der Waals surface area contributed by atoms with Crippen molar-refractivity contribution in [2.24, 2.45) is 0 Å². The highest BCUT2D eigenvalue weighted by molar-refractivity contribution is 8.00. The van der Waals surface area contributed by atoms with Gasteiger partial charge in [0.15, 0.2) is 0 Å². The second-order valence-corrected chi connectivity index (χ2v) is 11.7. The highest BCUT2D eigenvalue weighted by Gasteiger charge is 2.23. The van der Waals surface area contributed by atoms with Gasteiger partial charge in [-0.25, -0.2) is 0 Å². The van der Waals surface area contributed by atoms with Crippen LogP contribution in [-0.4, -0.2) is 17.7 Å². The van der Waals surface area contributed by atoms with E-state index in [-0.39, 0.29) is 16.6 Å². The lowest BCUT2D eigenvalue weighted by Gasteiger charge is -2.18. The summed E-state index contributed by atoms with van der Waals surface area (Å²) in [5.41, 5.74) is 3.03. The normalized spacial score (nSPS) is 11.7. The average molecular weight is 653 g/mol. The van der Waals surface area contributed by atoms with Crippen LogP contribution in [0.4, 0.5) is 11.4 Å². The molecule has 5 aromatic rings. The van der Waals surface area contributed by atoms with Gasteiger partial charge in [-0.1, -0.05) is 108 Å². The summed E-state index contributed by atoms with van der Waals surface area (Å²) in [5.74, 6) is -1.15. The first-order valence-electron chi connectivity index (χ1n) is 13.9. The lowest BCUT2D eigenvalue weighted by Crippen LogP contribution is -2.30. The standard InChI is InChI=1S/C36H27Cl2N3O3S/c37-29-17-10-18-30(32(29)38)40-36(44)33(25-13-6-2-7-14-25)45-28-21-19-27(20-22-28)39-35(43)31(23-24-11-4-1-5-12-24)41-34(42)26-15-8-3-9-16-26/h1-23,33H,(H,39,43)(H,40,44)(H,41,42)/b31-23-. The molecule has 3 N–H and O–H groups in total. The third kappa shape index (κ3) is 8.64. The number of anilines is 2. The Morgan fingerprint density at radius 2 is 1.29 bits per heavy atom. The first-order chi connectivity index (χ1) is 21.9. The number of carbonyl (C=O) groups excluding carboxylic acids is 3. The van der Waals surface area contributed by atoms with Crippen molar-refractivity contribution >= 4 is 70.1 Å². The van der Waals surface area contributed by atoms with Gasteiger partial charge < -0.3 is 16.0 Å². The number of carbonyl (C=O) groups is 3. The van der Waals surface area contributed by atoms with Gasteiger partial charge in [0.25, 0.3) is 11.8 Å². The van der Waals surface area contributed by atoms with E-state index in [9.17, 15) is 14.4 Å². The van der Waals surface area contributed by atoms with Gasteiger partial charge >= 0.3 is 0 Å². The van der Waals surface area contributed by atoms with Crippen LogP contribution in [0.15, 0.2) is 144 Å². The van der Waals surface area contributed by atoms with Crippen LogP contribution in [0.2, 0.25) is 10.0 Å². The Morgan fingerprint density at radius 3 is 1.96 bits per heavy atom. The van der Waals surface area contributed by atoms with E-state index >= 15 is 0 Å². The van der Waals surface area contributed by atoms with E-state index in [2.05, 4.69) is 16.0 Å². The molecule has 0 aliphatic heterocycles. The molecule has 224 valence electrons. The summed E-state index contributed by atoms with van der Waals surface area (Å²) in [6.07, 6.45) is 1.62. The molecule has 9 heteroatoms. The van der Waals surface area contributed by atoms with Crippen molar-refractivity contribution in [3.8, 4) is 0 Å². The van der Waals surface area contributed by atoms with Crippen molar-refractivity contribution in [1.29, 1.82) is 0 Å². The van der Waals surface area contributed by atoms with E-state index in [1.54, 1.807) is 60.7 Å². The second-order valence-electron chi connectivity index (χ2n) is 9.77. The molecular weight excluding hydrogens is 625 g/mol. The third-order valence-corrected chi connectivity index (χ3v) is 8.64. The maximum Gasteiger partial charge on any atom is 0.272 e. The van der Waals surface area contributed by atoms with E-state index in [0.29, 0.717) is 22.0 Å². The molecule has 0 heterocycles. The van der Waals surface area contributed by atoms with E-state index in [1.807, 2.05) is 78.9 Å². The van der Waals surface area contributed by atoms with Crippen molar-refractivity contribution in [3.05, 3.63) is 166 Å². The Labute approximate surface area is 275 Å². The summed E-state index contributed by atoms with van der Waals surface area (Å²) in [4.78, 5) is 40.5. The highest BCUT2D eigenvalue weighted by atomic mass is 35.5. The Bertz CT molecular complexity index is 1820. The van der Waals surface area contributed by atoms with Gasteiger partial charge in [0, 0.05) is 16.1 Å². The minimum atomic E-state index is -0.602. The van der Waals surface area contributed by atoms with Crippen molar-refractivity contribution in [3.63, 3.8) is 0 Å². The van der Waals surface area contributed by atoms with Crippen molar-refractivity contribution in [2.75, 3.05) is 10.6 Å². The lowest BCUT2D eigenvalue weighted by atomic mass is 10.1. The topological polar surface area (TPSA) is 87.3 Å². The molecule has 0 saturated heterocycles. The minimum Gasteiger partial charge on any atom is -0.323 e. The molecular formula is C36H27Cl2N3O3S. The molecule has 0 aliphatic carbocycles. The Balaban J connectivity index is 1.32. The smallest absolute Gasteiger partial charge is 0.272 e. The first kappa shape index (κ1) is 31.6. The first-order valence-corrected chi connectivity index (χ1v) is 15.5. The molecule has 45 heavy (non-hydrogen) atoms. The van der Waals surface area contributed by atoms with Gasteiger partial charge in [-0.05, 0) is 65.7 Å².